The van der Waals surface area contributed by atoms with Gasteiger partial charge in [0.2, 0.25) is 0 Å². The molecule has 0 bridgehead atoms. The van der Waals surface area contributed by atoms with Crippen LogP contribution < -0.4 is 10.1 Å². The summed E-state index contributed by atoms with van der Waals surface area (Å²) >= 11 is 1.14. The Hall–Kier alpha value is -2.08. The van der Waals surface area contributed by atoms with Crippen LogP contribution in [0.1, 0.15) is 21.6 Å². The van der Waals surface area contributed by atoms with Gasteiger partial charge in [-0.1, -0.05) is 0 Å². The average Bonchev–Trinajstić information content (AvgIpc) is 2.73. The van der Waals surface area contributed by atoms with Gasteiger partial charge >= 0.3 is 5.97 Å². The Morgan fingerprint density at radius 3 is 2.74 bits per heavy atom. The van der Waals surface area contributed by atoms with Gasteiger partial charge < -0.3 is 15.2 Å². The van der Waals surface area contributed by atoms with Crippen LogP contribution in [0, 0.1) is 13.8 Å². The van der Waals surface area contributed by atoms with Gasteiger partial charge in [0.15, 0.2) is 0 Å². The van der Waals surface area contributed by atoms with Gasteiger partial charge in [0.1, 0.15) is 16.3 Å². The first kappa shape index (κ1) is 13.4. The summed E-state index contributed by atoms with van der Waals surface area (Å²) in [5.41, 5.74) is 2.56. The number of rotatable bonds is 4. The molecule has 0 radical (unpaired) electrons. The fourth-order valence-electron chi connectivity index (χ4n) is 1.73. The summed E-state index contributed by atoms with van der Waals surface area (Å²) in [5.74, 6) is -0.207. The molecule has 0 amide bonds. The van der Waals surface area contributed by atoms with Crippen molar-refractivity contribution in [2.24, 2.45) is 0 Å². The van der Waals surface area contributed by atoms with Gasteiger partial charge in [0, 0.05) is 5.69 Å². The molecule has 5 nitrogen and oxygen atoms in total. The second kappa shape index (κ2) is 5.27. The number of hydrogen-bond donors (Lipinski definition) is 2. The number of hydrogen-bond acceptors (Lipinski definition) is 5. The summed E-state index contributed by atoms with van der Waals surface area (Å²) in [6, 6.07) is 5.56. The molecule has 0 aliphatic rings. The second-order valence-electron chi connectivity index (χ2n) is 4.08. The maximum Gasteiger partial charge on any atom is 0.340 e. The average molecular weight is 278 g/mol. The summed E-state index contributed by atoms with van der Waals surface area (Å²) in [7, 11) is 1.61. The fourth-order valence-corrected chi connectivity index (χ4v) is 2.53. The van der Waals surface area contributed by atoms with E-state index in [1.54, 1.807) is 14.0 Å². The van der Waals surface area contributed by atoms with Crippen LogP contribution in [-0.2, 0) is 0 Å². The zero-order valence-corrected chi connectivity index (χ0v) is 11.7. The van der Waals surface area contributed by atoms with Crippen molar-refractivity contribution in [1.82, 2.24) is 4.37 Å². The third-order valence-electron chi connectivity index (χ3n) is 2.76. The van der Waals surface area contributed by atoms with Crippen molar-refractivity contribution in [3.8, 4) is 5.75 Å². The Kier molecular flexibility index (Phi) is 3.71. The summed E-state index contributed by atoms with van der Waals surface area (Å²) in [5, 5.41) is 12.8. The first-order chi connectivity index (χ1) is 9.02. The largest absolute Gasteiger partial charge is 0.497 e. The molecule has 0 saturated heterocycles. The summed E-state index contributed by atoms with van der Waals surface area (Å²) in [6.45, 7) is 3.62. The number of aryl methyl sites for hydroxylation is 2. The lowest BCUT2D eigenvalue weighted by Gasteiger charge is -2.09. The number of aromatic carboxylic acids is 1. The van der Waals surface area contributed by atoms with Crippen LogP contribution in [0.2, 0.25) is 0 Å². The predicted molar refractivity (Wildman–Crippen MR) is 74.8 cm³/mol. The van der Waals surface area contributed by atoms with Crippen molar-refractivity contribution in [3.63, 3.8) is 0 Å². The Morgan fingerprint density at radius 2 is 2.16 bits per heavy atom. The number of methoxy groups -OCH3 is 1. The highest BCUT2D eigenvalue weighted by atomic mass is 32.1. The molecular formula is C13H14N2O3S. The van der Waals surface area contributed by atoms with E-state index in [2.05, 4.69) is 9.69 Å². The Morgan fingerprint density at radius 1 is 1.42 bits per heavy atom. The van der Waals surface area contributed by atoms with Crippen LogP contribution in [0.25, 0.3) is 0 Å². The molecule has 2 N–H and O–H groups in total. The molecule has 1 heterocycles. The minimum atomic E-state index is -0.972. The first-order valence-electron chi connectivity index (χ1n) is 5.64. The molecule has 0 aliphatic carbocycles. The van der Waals surface area contributed by atoms with Crippen LogP contribution in [0.5, 0.6) is 5.75 Å². The molecule has 2 rings (SSSR count). The molecule has 6 heteroatoms. The van der Waals surface area contributed by atoms with Gasteiger partial charge in [-0.2, -0.15) is 4.37 Å². The minimum Gasteiger partial charge on any atom is -0.497 e. The van der Waals surface area contributed by atoms with E-state index in [9.17, 15) is 9.90 Å². The third-order valence-corrected chi connectivity index (χ3v) is 3.61. The number of ether oxygens (including phenoxy) is 1. The van der Waals surface area contributed by atoms with Crippen molar-refractivity contribution < 1.29 is 14.6 Å². The standard InChI is InChI=1S/C13H14N2O3S/c1-7-6-9(18-3)4-5-10(7)14-12-11(13(16)17)8(2)15-19-12/h4-6,14H,1-3H3,(H,16,17). The molecule has 100 valence electrons. The molecule has 1 aromatic carbocycles. The molecule has 0 unspecified atom stereocenters. The number of carboxylic acid groups (broad SMARTS) is 1. The van der Waals surface area contributed by atoms with Crippen molar-refractivity contribution in [2.45, 2.75) is 13.8 Å². The van der Waals surface area contributed by atoms with Gasteiger partial charge in [0.05, 0.1) is 12.8 Å². The van der Waals surface area contributed by atoms with Gasteiger partial charge in [-0.3, -0.25) is 0 Å². The van der Waals surface area contributed by atoms with Crippen molar-refractivity contribution in [3.05, 3.63) is 35.0 Å². The first-order valence-corrected chi connectivity index (χ1v) is 6.41. The number of nitrogens with one attached hydrogen (secondary N) is 1. The highest BCUT2D eigenvalue weighted by Gasteiger charge is 2.18. The molecule has 19 heavy (non-hydrogen) atoms. The van der Waals surface area contributed by atoms with Crippen LogP contribution in [0.15, 0.2) is 18.2 Å². The smallest absolute Gasteiger partial charge is 0.340 e. The molecule has 0 fully saturated rings. The van der Waals surface area contributed by atoms with Crippen molar-refractivity contribution >= 4 is 28.2 Å². The Bertz CT molecular complexity index is 622. The van der Waals surface area contributed by atoms with Gasteiger partial charge in [-0.15, -0.1) is 0 Å². The Balaban J connectivity index is 2.34. The number of benzene rings is 1. The van der Waals surface area contributed by atoms with E-state index in [-0.39, 0.29) is 5.56 Å². The quantitative estimate of drug-likeness (QED) is 0.898. The van der Waals surface area contributed by atoms with E-state index in [0.29, 0.717) is 10.7 Å². The number of carbonyl (C=O) groups is 1. The molecule has 0 spiro atoms. The highest BCUT2D eigenvalue weighted by Crippen LogP contribution is 2.30. The van der Waals surface area contributed by atoms with E-state index in [1.807, 2.05) is 25.1 Å². The van der Waals surface area contributed by atoms with E-state index < -0.39 is 5.97 Å². The number of anilines is 2. The zero-order valence-electron chi connectivity index (χ0n) is 10.9. The highest BCUT2D eigenvalue weighted by molar-refractivity contribution is 7.10. The second-order valence-corrected chi connectivity index (χ2v) is 4.86. The predicted octanol–water partition coefficient (Wildman–Crippen LogP) is 3.21. The van der Waals surface area contributed by atoms with Crippen LogP contribution in [0.4, 0.5) is 10.7 Å². The lowest BCUT2D eigenvalue weighted by molar-refractivity contribution is 0.0697. The summed E-state index contributed by atoms with van der Waals surface area (Å²) in [6.07, 6.45) is 0. The maximum absolute atomic E-state index is 11.2. The summed E-state index contributed by atoms with van der Waals surface area (Å²) < 4.78 is 9.21. The van der Waals surface area contributed by atoms with Gasteiger partial charge in [-0.25, -0.2) is 4.79 Å². The molecule has 0 saturated carbocycles. The minimum absolute atomic E-state index is 0.222. The van der Waals surface area contributed by atoms with E-state index in [0.717, 1.165) is 28.5 Å². The SMILES string of the molecule is COc1ccc(Nc2snc(C)c2C(=O)O)c(C)c1. The lowest BCUT2D eigenvalue weighted by atomic mass is 10.2. The van der Waals surface area contributed by atoms with Gasteiger partial charge in [-0.05, 0) is 49.1 Å². The Labute approximate surface area is 115 Å². The van der Waals surface area contributed by atoms with Crippen LogP contribution >= 0.6 is 11.5 Å². The third kappa shape index (κ3) is 2.68. The van der Waals surface area contributed by atoms with Crippen LogP contribution in [-0.4, -0.2) is 22.6 Å². The van der Waals surface area contributed by atoms with E-state index in [4.69, 9.17) is 4.74 Å². The number of nitrogens with zero attached hydrogens (tertiary/aromatic N) is 1. The monoisotopic (exact) mass is 278 g/mol. The summed E-state index contributed by atoms with van der Waals surface area (Å²) in [4.78, 5) is 11.2. The molecule has 2 aromatic rings. The maximum atomic E-state index is 11.2. The topological polar surface area (TPSA) is 71.5 Å². The van der Waals surface area contributed by atoms with Crippen molar-refractivity contribution in [1.29, 1.82) is 0 Å². The lowest BCUT2D eigenvalue weighted by Crippen LogP contribution is -2.02. The number of carboxylic acids is 1. The zero-order chi connectivity index (χ0) is 14.0. The fraction of sp³-hybridized carbons (Fsp3) is 0.231. The molecule has 0 aliphatic heterocycles. The molecule has 1 aromatic heterocycles. The molecular weight excluding hydrogens is 264 g/mol. The van der Waals surface area contributed by atoms with E-state index >= 15 is 0 Å². The van der Waals surface area contributed by atoms with E-state index in [1.165, 1.54) is 0 Å². The van der Waals surface area contributed by atoms with Gasteiger partial charge in [0.25, 0.3) is 0 Å². The molecule has 0 atom stereocenters. The van der Waals surface area contributed by atoms with Crippen molar-refractivity contribution in [2.75, 3.05) is 12.4 Å². The normalized spacial score (nSPS) is 10.3. The number of aromatic nitrogens is 1. The van der Waals surface area contributed by atoms with Crippen LogP contribution in [0.3, 0.4) is 0 Å².